The van der Waals surface area contributed by atoms with Crippen LogP contribution in [-0.2, 0) is 4.79 Å². The highest BCUT2D eigenvalue weighted by Crippen LogP contribution is 2.71. The minimum absolute atomic E-state index is 0.190. The molecule has 0 radical (unpaired) electrons. The van der Waals surface area contributed by atoms with Crippen molar-refractivity contribution in [1.29, 1.82) is 0 Å². The highest BCUT2D eigenvalue weighted by atomic mass is 16.3. The summed E-state index contributed by atoms with van der Waals surface area (Å²) in [7, 11) is 0. The fourth-order valence-electron chi connectivity index (χ4n) is 9.49. The van der Waals surface area contributed by atoms with Gasteiger partial charge in [-0.1, -0.05) is 52.7 Å². The Morgan fingerprint density at radius 2 is 1.66 bits per heavy atom. The van der Waals surface area contributed by atoms with Crippen molar-refractivity contribution in [3.8, 4) is 0 Å². The number of ketones is 1. The summed E-state index contributed by atoms with van der Waals surface area (Å²) in [6.07, 6.45) is 3.99. The maximum Gasteiger partial charge on any atom is 0.143 e. The van der Waals surface area contributed by atoms with E-state index >= 15 is 0 Å². The summed E-state index contributed by atoms with van der Waals surface area (Å²) < 4.78 is 0. The molecule has 4 aliphatic carbocycles. The van der Waals surface area contributed by atoms with Crippen molar-refractivity contribution < 1.29 is 25.2 Å². The lowest BCUT2D eigenvalue weighted by Crippen LogP contribution is -2.60. The monoisotopic (exact) mass is 490 g/mol. The molecule has 2 saturated carbocycles. The van der Waals surface area contributed by atoms with Gasteiger partial charge in [0.25, 0.3) is 0 Å². The van der Waals surface area contributed by atoms with Gasteiger partial charge in [-0.3, -0.25) is 4.79 Å². The minimum atomic E-state index is -1.12. The van der Waals surface area contributed by atoms with Crippen LogP contribution < -0.4 is 0 Å². The molecule has 5 heteroatoms. The fraction of sp³-hybridized carbons (Fsp3) is 0.900. The van der Waals surface area contributed by atoms with Gasteiger partial charge >= 0.3 is 0 Å². The topological polar surface area (TPSA) is 98.0 Å². The Morgan fingerprint density at radius 3 is 2.26 bits per heavy atom. The third kappa shape index (κ3) is 3.73. The molecule has 0 aromatic rings. The van der Waals surface area contributed by atoms with Gasteiger partial charge in [-0.25, -0.2) is 0 Å². The van der Waals surface area contributed by atoms with Gasteiger partial charge in [-0.2, -0.15) is 0 Å². The van der Waals surface area contributed by atoms with Crippen LogP contribution in [0, 0.1) is 39.4 Å². The summed E-state index contributed by atoms with van der Waals surface area (Å²) in [5.41, 5.74) is 0.322. The number of aliphatic hydroxyl groups excluding tert-OH is 3. The van der Waals surface area contributed by atoms with Gasteiger partial charge in [-0.15, -0.1) is 0 Å². The molecule has 0 saturated heterocycles. The molecule has 9 atom stereocenters. The molecule has 4 N–H and O–H groups in total. The number of allylic oxidation sites excluding steroid dienone is 2. The van der Waals surface area contributed by atoms with Crippen molar-refractivity contribution in [2.75, 3.05) is 0 Å². The first-order valence-electron chi connectivity index (χ1n) is 13.9. The largest absolute Gasteiger partial charge is 0.390 e. The second-order valence-electron chi connectivity index (χ2n) is 14.5. The van der Waals surface area contributed by atoms with Gasteiger partial charge in [0.15, 0.2) is 0 Å². The molecular formula is C30H50O5. The molecule has 1 unspecified atom stereocenters. The molecule has 4 aliphatic rings. The number of hydrogen-bond donors (Lipinski definition) is 4. The Balaban J connectivity index is 1.68. The van der Waals surface area contributed by atoms with Crippen LogP contribution in [-0.4, -0.2) is 50.1 Å². The maximum absolute atomic E-state index is 14.2. The van der Waals surface area contributed by atoms with Crippen molar-refractivity contribution in [1.82, 2.24) is 0 Å². The molecule has 0 aromatic carbocycles. The number of Topliss-reactive ketones (excluding diaryl/α,β-unsaturated/α-hetero) is 1. The zero-order valence-corrected chi connectivity index (χ0v) is 23.3. The molecule has 2 fully saturated rings. The lowest BCUT2D eigenvalue weighted by atomic mass is 9.42. The predicted molar refractivity (Wildman–Crippen MR) is 138 cm³/mol. The summed E-state index contributed by atoms with van der Waals surface area (Å²) >= 11 is 0. The van der Waals surface area contributed by atoms with Crippen molar-refractivity contribution >= 4 is 5.78 Å². The quantitative estimate of drug-likeness (QED) is 0.415. The highest BCUT2D eigenvalue weighted by Gasteiger charge is 2.67. The van der Waals surface area contributed by atoms with Crippen molar-refractivity contribution in [2.45, 2.75) is 131 Å². The lowest BCUT2D eigenvalue weighted by Gasteiger charge is -2.62. The Hall–Kier alpha value is -0.750. The number of hydrogen-bond acceptors (Lipinski definition) is 5. The molecule has 0 aliphatic heterocycles. The molecule has 0 spiro atoms. The summed E-state index contributed by atoms with van der Waals surface area (Å²) in [6.45, 7) is 16.5. The Labute approximate surface area is 212 Å². The van der Waals surface area contributed by atoms with Crippen LogP contribution in [0.25, 0.3) is 0 Å². The van der Waals surface area contributed by atoms with Crippen LogP contribution in [0.4, 0.5) is 0 Å². The summed E-state index contributed by atoms with van der Waals surface area (Å²) in [5.74, 6) is 1.11. The zero-order valence-electron chi connectivity index (χ0n) is 23.3. The number of fused-ring (bicyclic) bond motifs is 4. The van der Waals surface area contributed by atoms with E-state index < -0.39 is 34.7 Å². The van der Waals surface area contributed by atoms with E-state index in [1.54, 1.807) is 13.8 Å². The van der Waals surface area contributed by atoms with E-state index in [4.69, 9.17) is 0 Å². The average Bonchev–Trinajstić information content (AvgIpc) is 3.03. The summed E-state index contributed by atoms with van der Waals surface area (Å²) in [5, 5.41) is 42.2. The second kappa shape index (κ2) is 8.38. The van der Waals surface area contributed by atoms with Gasteiger partial charge in [-0.05, 0) is 87.4 Å². The maximum atomic E-state index is 14.2. The third-order valence-corrected chi connectivity index (χ3v) is 12.0. The number of rotatable bonds is 5. The van der Waals surface area contributed by atoms with E-state index in [1.165, 1.54) is 11.1 Å². The lowest BCUT2D eigenvalue weighted by molar-refractivity contribution is -0.161. The Kier molecular flexibility index (Phi) is 6.53. The van der Waals surface area contributed by atoms with E-state index in [9.17, 15) is 25.2 Å². The van der Waals surface area contributed by atoms with Gasteiger partial charge < -0.3 is 20.4 Å². The smallest absolute Gasteiger partial charge is 0.143 e. The minimum Gasteiger partial charge on any atom is -0.390 e. The summed E-state index contributed by atoms with van der Waals surface area (Å²) in [4.78, 5) is 14.2. The van der Waals surface area contributed by atoms with Crippen molar-refractivity contribution in [3.63, 3.8) is 0 Å². The SMILES string of the molecule is C[C@H](CC[C@@H](O)C(C)(C)O)[C@H]1CC[C@@]2(C)C3=C(CC(=O)[C@]12C)[C@@]1(C)C[C@@H](O)[C@H](O)C(C)(C)C1CC3. The molecule has 0 aromatic heterocycles. The van der Waals surface area contributed by atoms with Gasteiger partial charge in [0, 0.05) is 17.3 Å². The number of carbonyl (C=O) groups is 1. The predicted octanol–water partition coefficient (Wildman–Crippen LogP) is 4.79. The molecular weight excluding hydrogens is 440 g/mol. The van der Waals surface area contributed by atoms with Crippen molar-refractivity contribution in [3.05, 3.63) is 11.1 Å². The van der Waals surface area contributed by atoms with Crippen LogP contribution in [0.3, 0.4) is 0 Å². The molecule has 0 amide bonds. The normalized spacial score (nSPS) is 45.0. The molecule has 0 bridgehead atoms. The van der Waals surface area contributed by atoms with Crippen LogP contribution in [0.1, 0.15) is 107 Å². The second-order valence-corrected chi connectivity index (χ2v) is 14.5. The van der Waals surface area contributed by atoms with Crippen LogP contribution in [0.15, 0.2) is 11.1 Å². The average molecular weight is 491 g/mol. The number of aliphatic hydroxyl groups is 4. The van der Waals surface area contributed by atoms with E-state index in [-0.39, 0.29) is 28.6 Å². The highest BCUT2D eigenvalue weighted by molar-refractivity contribution is 5.91. The first-order valence-corrected chi connectivity index (χ1v) is 13.9. The van der Waals surface area contributed by atoms with E-state index in [0.29, 0.717) is 25.0 Å². The van der Waals surface area contributed by atoms with Gasteiger partial charge in [0.2, 0.25) is 0 Å². The first kappa shape index (κ1) is 27.3. The van der Waals surface area contributed by atoms with E-state index in [2.05, 4.69) is 41.5 Å². The Bertz CT molecular complexity index is 899. The van der Waals surface area contributed by atoms with Crippen LogP contribution in [0.2, 0.25) is 0 Å². The fourth-order valence-corrected chi connectivity index (χ4v) is 9.49. The standard InChI is InChI=1S/C30H50O5/c1-17(9-12-23(32)27(4,5)35)18-13-14-29(7)19-10-11-22-26(2,3)25(34)21(31)16-28(22,6)20(19)15-24(33)30(18,29)8/h17-18,21-23,25,31-32,34-35H,9-16H2,1-8H3/t17-,18-,21-,22?,23-,25+,28-,29+,30+/m1/s1. The van der Waals surface area contributed by atoms with Gasteiger partial charge in [0.05, 0.1) is 23.9 Å². The molecule has 35 heavy (non-hydrogen) atoms. The van der Waals surface area contributed by atoms with Crippen molar-refractivity contribution in [2.24, 2.45) is 39.4 Å². The number of carbonyl (C=O) groups excluding carboxylic acids is 1. The van der Waals surface area contributed by atoms with E-state index in [1.807, 2.05) is 0 Å². The van der Waals surface area contributed by atoms with Crippen LogP contribution in [0.5, 0.6) is 0 Å². The molecule has 0 heterocycles. The Morgan fingerprint density at radius 1 is 1.03 bits per heavy atom. The van der Waals surface area contributed by atoms with Crippen LogP contribution >= 0.6 is 0 Å². The molecule has 5 nitrogen and oxygen atoms in total. The molecule has 4 rings (SSSR count). The third-order valence-electron chi connectivity index (χ3n) is 12.0. The zero-order chi connectivity index (χ0) is 26.4. The summed E-state index contributed by atoms with van der Waals surface area (Å²) in [6, 6.07) is 0. The molecule has 200 valence electrons. The van der Waals surface area contributed by atoms with Gasteiger partial charge in [0.1, 0.15) is 5.78 Å². The van der Waals surface area contributed by atoms with E-state index in [0.717, 1.165) is 32.1 Å². The first-order chi connectivity index (χ1) is 15.9.